The Morgan fingerprint density at radius 2 is 1.61 bits per heavy atom. The van der Waals surface area contributed by atoms with Crippen molar-refractivity contribution in [1.82, 2.24) is 4.72 Å². The van der Waals surface area contributed by atoms with Crippen LogP contribution >= 0.6 is 0 Å². The Hall–Kier alpha value is -2.57. The molecular weight excluding hydrogens is 411 g/mol. The van der Waals surface area contributed by atoms with Crippen molar-refractivity contribution >= 4 is 28.1 Å². The van der Waals surface area contributed by atoms with Crippen LogP contribution in [0.3, 0.4) is 0 Å². The summed E-state index contributed by atoms with van der Waals surface area (Å²) in [6.07, 6.45) is 0.676. The monoisotopic (exact) mass is 431 g/mol. The lowest BCUT2D eigenvalue weighted by atomic mass is 10.1. The Morgan fingerprint density at radius 1 is 1.00 bits per heavy atom. The third kappa shape index (κ3) is 10.5. The molecule has 1 N–H and O–H groups in total. The Kier molecular flexibility index (Phi) is 10.9. The van der Waals surface area contributed by atoms with Gasteiger partial charge >= 0.3 is 33.6 Å². The highest BCUT2D eigenvalue weighted by molar-refractivity contribution is 7.90. The number of carbonyl (C=O) groups is 3. The second-order valence-corrected chi connectivity index (χ2v) is 6.81. The highest BCUT2D eigenvalue weighted by atomic mass is 32.2. The minimum atomic E-state index is -5.81. The number of hydrogen-bond donors (Lipinski definition) is 1. The molecule has 1 atom stereocenters. The maximum Gasteiger partial charge on any atom is 0.516 e. The standard InChI is InChI=1S/C15H20F3NO8S/c1-3-12(20)26-10-11(27-13(21)4-2)8-6-5-7-9-25-14(22)19-28(23,24)15(16,17)18/h3-4,11H,1-2,5-10H2,(H,19,22). The molecule has 13 heteroatoms. The van der Waals surface area contributed by atoms with Crippen molar-refractivity contribution in [3.8, 4) is 0 Å². The maximum atomic E-state index is 12.1. The molecule has 0 spiro atoms. The molecule has 1 unspecified atom stereocenters. The van der Waals surface area contributed by atoms with Gasteiger partial charge in [-0.05, 0) is 25.7 Å². The lowest BCUT2D eigenvalue weighted by Gasteiger charge is -2.16. The number of alkyl halides is 3. The van der Waals surface area contributed by atoms with E-state index in [0.717, 1.165) is 16.9 Å². The number of hydrogen-bond acceptors (Lipinski definition) is 8. The van der Waals surface area contributed by atoms with E-state index in [9.17, 15) is 36.0 Å². The van der Waals surface area contributed by atoms with Gasteiger partial charge in [0, 0.05) is 12.2 Å². The molecule has 0 saturated heterocycles. The van der Waals surface area contributed by atoms with Gasteiger partial charge in [-0.2, -0.15) is 21.6 Å². The largest absolute Gasteiger partial charge is 0.516 e. The molecule has 0 heterocycles. The third-order valence-corrected chi connectivity index (χ3v) is 4.00. The fourth-order valence-corrected chi connectivity index (χ4v) is 2.03. The van der Waals surface area contributed by atoms with Gasteiger partial charge in [-0.25, -0.2) is 19.1 Å². The predicted octanol–water partition coefficient (Wildman–Crippen LogP) is 1.95. The van der Waals surface area contributed by atoms with E-state index >= 15 is 0 Å². The summed E-state index contributed by atoms with van der Waals surface area (Å²) in [4.78, 5) is 33.3. The molecule has 0 aromatic rings. The molecule has 160 valence electrons. The number of nitrogens with one attached hydrogen (secondary N) is 1. The first kappa shape index (κ1) is 25.4. The van der Waals surface area contributed by atoms with Crippen molar-refractivity contribution < 1.29 is 50.2 Å². The molecule has 0 fully saturated rings. The van der Waals surface area contributed by atoms with E-state index in [1.165, 1.54) is 0 Å². The van der Waals surface area contributed by atoms with Gasteiger partial charge in [-0.1, -0.05) is 13.2 Å². The number of carbonyl (C=O) groups excluding carboxylic acids is 3. The minimum Gasteiger partial charge on any atom is -0.459 e. The summed E-state index contributed by atoms with van der Waals surface area (Å²) in [5.41, 5.74) is -5.63. The number of ether oxygens (including phenoxy) is 3. The topological polar surface area (TPSA) is 125 Å². The number of esters is 2. The smallest absolute Gasteiger partial charge is 0.459 e. The number of unbranched alkanes of at least 4 members (excludes halogenated alkanes) is 2. The van der Waals surface area contributed by atoms with Gasteiger partial charge in [0.2, 0.25) is 0 Å². The SMILES string of the molecule is C=CC(=O)OCC(CCCCCOC(=O)NS(=O)(=O)C(F)(F)F)OC(=O)C=C. The van der Waals surface area contributed by atoms with Gasteiger partial charge < -0.3 is 14.2 Å². The summed E-state index contributed by atoms with van der Waals surface area (Å²) in [5, 5.41) is 0. The fraction of sp³-hybridized carbons (Fsp3) is 0.533. The van der Waals surface area contributed by atoms with E-state index in [1.54, 1.807) is 0 Å². The molecule has 0 aliphatic carbocycles. The van der Waals surface area contributed by atoms with Crippen molar-refractivity contribution in [2.45, 2.75) is 37.3 Å². The Balaban J connectivity index is 4.19. The normalized spacial score (nSPS) is 12.4. The molecule has 28 heavy (non-hydrogen) atoms. The summed E-state index contributed by atoms with van der Waals surface area (Å²) in [7, 11) is -5.81. The molecule has 0 aliphatic heterocycles. The zero-order chi connectivity index (χ0) is 21.8. The number of amides is 1. The Labute approximate surface area is 159 Å². The number of rotatable bonds is 12. The van der Waals surface area contributed by atoms with Crippen LogP contribution in [0.4, 0.5) is 18.0 Å². The second-order valence-electron chi connectivity index (χ2n) is 5.13. The number of halogens is 3. The summed E-state index contributed by atoms with van der Waals surface area (Å²) in [5.74, 6) is -1.42. The van der Waals surface area contributed by atoms with Crippen LogP contribution in [0, 0.1) is 0 Å². The molecule has 9 nitrogen and oxygen atoms in total. The zero-order valence-corrected chi connectivity index (χ0v) is 15.5. The average Bonchev–Trinajstić information content (AvgIpc) is 2.60. The van der Waals surface area contributed by atoms with Crippen LogP contribution in [-0.2, 0) is 33.8 Å². The van der Waals surface area contributed by atoms with E-state index in [0.29, 0.717) is 12.8 Å². The first-order valence-electron chi connectivity index (χ1n) is 7.81. The first-order valence-corrected chi connectivity index (χ1v) is 9.29. The van der Waals surface area contributed by atoms with Crippen molar-refractivity contribution in [3.05, 3.63) is 25.3 Å². The van der Waals surface area contributed by atoms with Crippen LogP contribution < -0.4 is 4.72 Å². The van der Waals surface area contributed by atoms with Crippen molar-refractivity contribution in [2.75, 3.05) is 13.2 Å². The molecular formula is C15H20F3NO8S. The molecule has 1 amide bonds. The van der Waals surface area contributed by atoms with Crippen LogP contribution in [-0.4, -0.2) is 51.3 Å². The summed E-state index contributed by atoms with van der Waals surface area (Å²) >= 11 is 0. The maximum absolute atomic E-state index is 12.1. The van der Waals surface area contributed by atoms with E-state index in [2.05, 4.69) is 17.9 Å². The lowest BCUT2D eigenvalue weighted by Crippen LogP contribution is -2.40. The quantitative estimate of drug-likeness (QED) is 0.215. The van der Waals surface area contributed by atoms with Gasteiger partial charge in [-0.3, -0.25) is 0 Å². The minimum absolute atomic E-state index is 0.202. The van der Waals surface area contributed by atoms with E-state index in [4.69, 9.17) is 9.47 Å². The molecule has 0 aromatic heterocycles. The summed E-state index contributed by atoms with van der Waals surface area (Å²) in [6, 6.07) is 0. The molecule has 0 rings (SSSR count). The number of sulfonamides is 1. The second kappa shape index (κ2) is 12.0. The molecule has 0 bridgehead atoms. The van der Waals surface area contributed by atoms with Gasteiger partial charge in [-0.15, -0.1) is 0 Å². The lowest BCUT2D eigenvalue weighted by molar-refractivity contribution is -0.153. The van der Waals surface area contributed by atoms with Crippen LogP contribution in [0.2, 0.25) is 0 Å². The summed E-state index contributed by atoms with van der Waals surface area (Å²) < 4.78 is 72.4. The van der Waals surface area contributed by atoms with E-state index in [1.807, 2.05) is 0 Å². The Morgan fingerprint density at radius 3 is 2.14 bits per heavy atom. The van der Waals surface area contributed by atoms with Gasteiger partial charge in [0.05, 0.1) is 6.61 Å². The van der Waals surface area contributed by atoms with Crippen LogP contribution in [0.15, 0.2) is 25.3 Å². The van der Waals surface area contributed by atoms with Crippen molar-refractivity contribution in [2.24, 2.45) is 0 Å². The molecule has 0 radical (unpaired) electrons. The van der Waals surface area contributed by atoms with Crippen molar-refractivity contribution in [3.63, 3.8) is 0 Å². The highest BCUT2D eigenvalue weighted by Gasteiger charge is 2.47. The molecule has 0 aromatic carbocycles. The Bertz CT molecular complexity index is 675. The first-order chi connectivity index (χ1) is 12.9. The van der Waals surface area contributed by atoms with Gasteiger partial charge in [0.1, 0.15) is 12.7 Å². The van der Waals surface area contributed by atoms with E-state index in [-0.39, 0.29) is 26.1 Å². The predicted molar refractivity (Wildman–Crippen MR) is 89.2 cm³/mol. The third-order valence-electron chi connectivity index (χ3n) is 2.95. The molecule has 0 saturated carbocycles. The zero-order valence-electron chi connectivity index (χ0n) is 14.7. The average molecular weight is 431 g/mol. The van der Waals surface area contributed by atoms with Crippen LogP contribution in [0.1, 0.15) is 25.7 Å². The van der Waals surface area contributed by atoms with Crippen LogP contribution in [0.5, 0.6) is 0 Å². The van der Waals surface area contributed by atoms with Gasteiger partial charge in [0.15, 0.2) is 0 Å². The van der Waals surface area contributed by atoms with Crippen molar-refractivity contribution in [1.29, 1.82) is 0 Å². The molecule has 0 aliphatic rings. The van der Waals surface area contributed by atoms with Gasteiger partial charge in [0.25, 0.3) is 0 Å². The van der Waals surface area contributed by atoms with E-state index < -0.39 is 39.7 Å². The summed E-state index contributed by atoms with van der Waals surface area (Å²) in [6.45, 7) is 5.91. The van der Waals surface area contributed by atoms with Crippen LogP contribution in [0.25, 0.3) is 0 Å². The fourth-order valence-electron chi connectivity index (χ4n) is 1.64. The highest BCUT2D eigenvalue weighted by Crippen LogP contribution is 2.21.